The molecule has 0 atom stereocenters. The van der Waals surface area contributed by atoms with E-state index in [1.807, 2.05) is 0 Å². The van der Waals surface area contributed by atoms with Gasteiger partial charge in [0, 0.05) is 17.2 Å². The summed E-state index contributed by atoms with van der Waals surface area (Å²) in [5.41, 5.74) is 7.05. The molecule has 0 amide bonds. The number of benzene rings is 2. The largest absolute Gasteiger partial charge is 0.435 e. The molecule has 1 heterocycles. The van der Waals surface area contributed by atoms with Gasteiger partial charge in [-0.3, -0.25) is 0 Å². The van der Waals surface area contributed by atoms with Crippen LogP contribution in [-0.4, -0.2) is 17.5 Å². The third-order valence-electron chi connectivity index (χ3n) is 8.08. The third kappa shape index (κ3) is 2.43. The summed E-state index contributed by atoms with van der Waals surface area (Å²) < 4.78 is 8.81. The second-order valence-electron chi connectivity index (χ2n) is 10.0. The first kappa shape index (κ1) is 16.8. The predicted octanol–water partition coefficient (Wildman–Crippen LogP) is 5.88. The van der Waals surface area contributed by atoms with E-state index in [4.69, 9.17) is 4.74 Å². The molecule has 4 aliphatic carbocycles. The quantitative estimate of drug-likeness (QED) is 0.599. The van der Waals surface area contributed by atoms with Crippen LogP contribution in [0.15, 0.2) is 36.4 Å². The fourth-order valence-electron chi connectivity index (χ4n) is 7.22. The Labute approximate surface area is 168 Å². The molecule has 144 valence electrons. The molecule has 4 bridgehead atoms. The summed E-state index contributed by atoms with van der Waals surface area (Å²) in [6.45, 7) is 5.02. The molecule has 0 unspecified atom stereocenters. The molecular weight excluding hydrogens is 342 g/mol. The van der Waals surface area contributed by atoms with E-state index >= 15 is 0 Å². The second-order valence-corrected chi connectivity index (χ2v) is 10.0. The lowest BCUT2D eigenvalue weighted by molar-refractivity contribution is -0.476. The van der Waals surface area contributed by atoms with Crippen molar-refractivity contribution >= 4 is 11.9 Å². The average molecular weight is 373 g/mol. The Hall–Kier alpha value is -2.09. The van der Waals surface area contributed by atoms with E-state index in [9.17, 15) is 0 Å². The fraction of sp³-hybridized carbons (Fsp3) is 0.500. The van der Waals surface area contributed by atoms with E-state index in [2.05, 4.69) is 61.0 Å². The van der Waals surface area contributed by atoms with Crippen LogP contribution in [0.4, 0.5) is 5.69 Å². The van der Waals surface area contributed by atoms with Crippen molar-refractivity contribution in [2.45, 2.75) is 57.8 Å². The lowest BCUT2D eigenvalue weighted by atomic mass is 9.48. The number of rotatable bonds is 2. The van der Waals surface area contributed by atoms with Gasteiger partial charge in [-0.2, -0.15) is 4.58 Å². The summed E-state index contributed by atoms with van der Waals surface area (Å²) in [4.78, 5) is 0. The standard InChI is InChI=1S/C26H30NO/c1-17-7-8-23(26-12-19-9-20(13-26)11-21(10-19)14-26)25-22(17)15-27(16-28-25)24-6-4-3-5-18(24)2/h3-8,15,19-21H,9-14,16H2,1-2H3/q+1. The highest BCUT2D eigenvalue weighted by molar-refractivity contribution is 5.85. The van der Waals surface area contributed by atoms with Crippen molar-refractivity contribution in [2.75, 3.05) is 6.73 Å². The van der Waals surface area contributed by atoms with Crippen molar-refractivity contribution in [3.8, 4) is 5.75 Å². The topological polar surface area (TPSA) is 12.2 Å². The van der Waals surface area contributed by atoms with Crippen LogP contribution in [0.5, 0.6) is 5.75 Å². The summed E-state index contributed by atoms with van der Waals surface area (Å²) in [5.74, 6) is 4.06. The number of aryl methyl sites for hydroxylation is 2. The van der Waals surface area contributed by atoms with Crippen LogP contribution in [0.3, 0.4) is 0 Å². The molecule has 4 saturated carbocycles. The van der Waals surface area contributed by atoms with Gasteiger partial charge in [0.25, 0.3) is 6.73 Å². The molecule has 0 spiro atoms. The van der Waals surface area contributed by atoms with Gasteiger partial charge in [-0.05, 0) is 81.1 Å². The van der Waals surface area contributed by atoms with Crippen molar-refractivity contribution in [1.82, 2.24) is 0 Å². The molecule has 28 heavy (non-hydrogen) atoms. The zero-order valence-corrected chi connectivity index (χ0v) is 17.1. The molecule has 5 aliphatic rings. The Morgan fingerprint density at radius 3 is 2.21 bits per heavy atom. The molecule has 2 heteroatoms. The fourth-order valence-corrected chi connectivity index (χ4v) is 7.22. The first-order chi connectivity index (χ1) is 13.6. The molecule has 0 N–H and O–H groups in total. The smallest absolute Gasteiger partial charge is 0.292 e. The zero-order valence-electron chi connectivity index (χ0n) is 17.1. The lowest BCUT2D eigenvalue weighted by Gasteiger charge is -2.57. The van der Waals surface area contributed by atoms with Crippen LogP contribution in [0.2, 0.25) is 0 Å². The molecule has 1 aliphatic heterocycles. The number of hydrogen-bond acceptors (Lipinski definition) is 1. The highest BCUT2D eigenvalue weighted by Gasteiger charge is 2.53. The maximum atomic E-state index is 6.54. The summed E-state index contributed by atoms with van der Waals surface area (Å²) >= 11 is 0. The van der Waals surface area contributed by atoms with Gasteiger partial charge >= 0.3 is 0 Å². The first-order valence-corrected chi connectivity index (χ1v) is 11.1. The number of nitrogens with zero attached hydrogens (tertiary/aromatic N) is 1. The van der Waals surface area contributed by atoms with E-state index in [1.54, 1.807) is 0 Å². The van der Waals surface area contributed by atoms with Crippen molar-refractivity contribution < 1.29 is 9.31 Å². The van der Waals surface area contributed by atoms with Crippen LogP contribution < -0.4 is 4.74 Å². The summed E-state index contributed by atoms with van der Waals surface area (Å²) in [7, 11) is 0. The Kier molecular flexibility index (Phi) is 3.58. The lowest BCUT2D eigenvalue weighted by Crippen LogP contribution is -2.48. The number of ether oxygens (including phenoxy) is 1. The minimum Gasteiger partial charge on any atom is -0.435 e. The van der Waals surface area contributed by atoms with Gasteiger partial charge in [0.05, 0.1) is 5.56 Å². The second kappa shape index (κ2) is 5.95. The molecule has 2 aromatic rings. The molecule has 0 aromatic heterocycles. The van der Waals surface area contributed by atoms with Crippen LogP contribution >= 0.6 is 0 Å². The maximum Gasteiger partial charge on any atom is 0.292 e. The van der Waals surface area contributed by atoms with E-state index in [0.717, 1.165) is 17.8 Å². The Morgan fingerprint density at radius 2 is 1.54 bits per heavy atom. The van der Waals surface area contributed by atoms with E-state index in [-0.39, 0.29) is 0 Å². The monoisotopic (exact) mass is 372 g/mol. The highest BCUT2D eigenvalue weighted by atomic mass is 16.5. The van der Waals surface area contributed by atoms with Gasteiger partial charge in [-0.1, -0.05) is 30.3 Å². The van der Waals surface area contributed by atoms with Crippen LogP contribution in [0.25, 0.3) is 0 Å². The van der Waals surface area contributed by atoms with Gasteiger partial charge in [0.2, 0.25) is 5.69 Å². The third-order valence-corrected chi connectivity index (χ3v) is 8.08. The summed E-state index contributed by atoms with van der Waals surface area (Å²) in [6.07, 6.45) is 11.0. The van der Waals surface area contributed by atoms with Crippen LogP contribution in [0.1, 0.15) is 60.8 Å². The Balaban J connectivity index is 1.46. The molecule has 7 rings (SSSR count). The maximum absolute atomic E-state index is 6.54. The minimum absolute atomic E-state index is 0.380. The minimum atomic E-state index is 0.380. The van der Waals surface area contributed by atoms with Crippen molar-refractivity contribution in [1.29, 1.82) is 0 Å². The molecule has 2 aromatic carbocycles. The molecule has 0 saturated heterocycles. The van der Waals surface area contributed by atoms with Crippen molar-refractivity contribution in [3.05, 3.63) is 58.7 Å². The SMILES string of the molecule is Cc1ccccc1[N+]1=Cc2c(C)ccc(C34CC5CC(CC(C5)C3)C4)c2OC1. The van der Waals surface area contributed by atoms with E-state index in [1.165, 1.54) is 72.2 Å². The molecule has 2 nitrogen and oxygen atoms in total. The predicted molar refractivity (Wildman–Crippen MR) is 113 cm³/mol. The zero-order chi connectivity index (χ0) is 18.9. The average Bonchev–Trinajstić information content (AvgIpc) is 2.67. The number of hydrogen-bond donors (Lipinski definition) is 0. The summed E-state index contributed by atoms with van der Waals surface area (Å²) in [6, 6.07) is 13.3. The van der Waals surface area contributed by atoms with Gasteiger partial charge in [-0.25, -0.2) is 0 Å². The van der Waals surface area contributed by atoms with Crippen LogP contribution in [0, 0.1) is 31.6 Å². The van der Waals surface area contributed by atoms with Gasteiger partial charge < -0.3 is 4.74 Å². The normalized spacial score (nSPS) is 32.6. The molecule has 0 radical (unpaired) electrons. The highest BCUT2D eigenvalue weighted by Crippen LogP contribution is 2.62. The van der Waals surface area contributed by atoms with E-state index < -0.39 is 0 Å². The first-order valence-electron chi connectivity index (χ1n) is 11.1. The Bertz CT molecular complexity index is 951. The van der Waals surface area contributed by atoms with Crippen LogP contribution in [-0.2, 0) is 5.41 Å². The number of fused-ring (bicyclic) bond motifs is 1. The summed E-state index contributed by atoms with van der Waals surface area (Å²) in [5, 5.41) is 0. The van der Waals surface area contributed by atoms with Gasteiger partial charge in [0.1, 0.15) is 5.75 Å². The number of para-hydroxylation sites is 1. The van der Waals surface area contributed by atoms with Gasteiger partial charge in [-0.15, -0.1) is 0 Å². The van der Waals surface area contributed by atoms with Crippen molar-refractivity contribution in [2.24, 2.45) is 17.8 Å². The Morgan fingerprint density at radius 1 is 0.857 bits per heavy atom. The molecule has 4 fully saturated rings. The van der Waals surface area contributed by atoms with Crippen molar-refractivity contribution in [3.63, 3.8) is 0 Å². The molecular formula is C26H30NO+. The van der Waals surface area contributed by atoms with Gasteiger partial charge in [0.15, 0.2) is 6.21 Å². The van der Waals surface area contributed by atoms with E-state index in [0.29, 0.717) is 12.1 Å².